The van der Waals surface area contributed by atoms with Gasteiger partial charge in [-0.05, 0) is 50.6 Å². The minimum atomic E-state index is 0.433. The van der Waals surface area contributed by atoms with Crippen molar-refractivity contribution < 1.29 is 0 Å². The van der Waals surface area contributed by atoms with Crippen molar-refractivity contribution in [2.45, 2.75) is 33.2 Å². The molecule has 0 saturated heterocycles. The van der Waals surface area contributed by atoms with Crippen LogP contribution in [0, 0.1) is 6.92 Å². The van der Waals surface area contributed by atoms with Gasteiger partial charge in [0.05, 0.1) is 0 Å². The predicted octanol–water partition coefficient (Wildman–Crippen LogP) is 5.55. The van der Waals surface area contributed by atoms with E-state index < -0.39 is 0 Å². The zero-order chi connectivity index (χ0) is 13.8. The molecule has 2 aromatic rings. The molecular formula is C16H20BrNS. The molecule has 1 N–H and O–H groups in total. The van der Waals surface area contributed by atoms with Gasteiger partial charge in [-0.2, -0.15) is 0 Å². The van der Waals surface area contributed by atoms with Crippen molar-refractivity contribution in [3.8, 4) is 10.4 Å². The van der Waals surface area contributed by atoms with Crippen LogP contribution in [0.3, 0.4) is 0 Å². The Bertz CT molecular complexity index is 547. The maximum absolute atomic E-state index is 3.66. The van der Waals surface area contributed by atoms with E-state index in [4.69, 9.17) is 0 Å². The summed E-state index contributed by atoms with van der Waals surface area (Å²) in [5.41, 5.74) is 2.56. The highest BCUT2D eigenvalue weighted by Crippen LogP contribution is 2.35. The maximum Gasteiger partial charge on any atom is 0.0386 e. The smallest absolute Gasteiger partial charge is 0.0386 e. The van der Waals surface area contributed by atoms with E-state index in [9.17, 15) is 0 Å². The molecule has 0 radical (unpaired) electrons. The molecule has 1 aromatic heterocycles. The summed E-state index contributed by atoms with van der Waals surface area (Å²) in [6.07, 6.45) is 1.17. The standard InChI is InChI=1S/C16H20BrNS/c1-4-9-18-12(3)15-7-8-16(19-15)13-6-5-11(2)10-14(13)17/h5-8,10,12,18H,4,9H2,1-3H3. The Morgan fingerprint density at radius 2 is 2.05 bits per heavy atom. The van der Waals surface area contributed by atoms with Gasteiger partial charge < -0.3 is 5.32 Å². The third-order valence-electron chi connectivity index (χ3n) is 3.14. The van der Waals surface area contributed by atoms with Crippen molar-refractivity contribution in [2.24, 2.45) is 0 Å². The second-order valence-electron chi connectivity index (χ2n) is 4.86. The Balaban J connectivity index is 2.20. The topological polar surface area (TPSA) is 12.0 Å². The molecule has 1 atom stereocenters. The molecule has 0 fully saturated rings. The van der Waals surface area contributed by atoms with Crippen molar-refractivity contribution in [3.05, 3.63) is 45.2 Å². The van der Waals surface area contributed by atoms with Gasteiger partial charge in [0.25, 0.3) is 0 Å². The molecule has 0 bridgehead atoms. The van der Waals surface area contributed by atoms with Crippen LogP contribution < -0.4 is 5.32 Å². The molecule has 0 aliphatic heterocycles. The summed E-state index contributed by atoms with van der Waals surface area (Å²) in [7, 11) is 0. The molecule has 3 heteroatoms. The highest BCUT2D eigenvalue weighted by atomic mass is 79.9. The van der Waals surface area contributed by atoms with E-state index in [0.717, 1.165) is 6.54 Å². The van der Waals surface area contributed by atoms with Crippen LogP contribution in [0.5, 0.6) is 0 Å². The molecule has 1 heterocycles. The van der Waals surface area contributed by atoms with Gasteiger partial charge in [-0.15, -0.1) is 11.3 Å². The average Bonchev–Trinajstić information content (AvgIpc) is 2.85. The van der Waals surface area contributed by atoms with E-state index in [1.165, 1.54) is 31.8 Å². The summed E-state index contributed by atoms with van der Waals surface area (Å²) in [5.74, 6) is 0. The van der Waals surface area contributed by atoms with Crippen molar-refractivity contribution >= 4 is 27.3 Å². The highest BCUT2D eigenvalue weighted by molar-refractivity contribution is 9.10. The normalized spacial score (nSPS) is 12.6. The molecule has 0 aliphatic carbocycles. The van der Waals surface area contributed by atoms with Gasteiger partial charge in [-0.1, -0.05) is 35.0 Å². The summed E-state index contributed by atoms with van der Waals surface area (Å²) in [4.78, 5) is 2.72. The van der Waals surface area contributed by atoms with Crippen LogP contribution in [-0.2, 0) is 0 Å². The lowest BCUT2D eigenvalue weighted by Gasteiger charge is -2.10. The monoisotopic (exact) mass is 337 g/mol. The molecular weight excluding hydrogens is 318 g/mol. The Morgan fingerprint density at radius 3 is 2.74 bits per heavy atom. The number of hydrogen-bond donors (Lipinski definition) is 1. The summed E-state index contributed by atoms with van der Waals surface area (Å²) in [5, 5.41) is 3.54. The SMILES string of the molecule is CCCNC(C)c1ccc(-c2ccc(C)cc2Br)s1. The first kappa shape index (κ1) is 14.8. The van der Waals surface area contributed by atoms with Crippen LogP contribution in [-0.4, -0.2) is 6.54 Å². The van der Waals surface area contributed by atoms with Crippen molar-refractivity contribution in [1.82, 2.24) is 5.32 Å². The van der Waals surface area contributed by atoms with Gasteiger partial charge >= 0.3 is 0 Å². The van der Waals surface area contributed by atoms with Gasteiger partial charge in [-0.3, -0.25) is 0 Å². The van der Waals surface area contributed by atoms with Crippen LogP contribution in [0.4, 0.5) is 0 Å². The lowest BCUT2D eigenvalue weighted by atomic mass is 10.1. The van der Waals surface area contributed by atoms with E-state index in [1.54, 1.807) is 0 Å². The van der Waals surface area contributed by atoms with Gasteiger partial charge in [0.15, 0.2) is 0 Å². The first-order valence-corrected chi connectivity index (χ1v) is 8.32. The number of rotatable bonds is 5. The third kappa shape index (κ3) is 3.68. The zero-order valence-electron chi connectivity index (χ0n) is 11.7. The number of benzene rings is 1. The fraction of sp³-hybridized carbons (Fsp3) is 0.375. The summed E-state index contributed by atoms with van der Waals surface area (Å²) in [6, 6.07) is 11.4. The molecule has 0 amide bonds. The molecule has 0 aliphatic rings. The first-order valence-electron chi connectivity index (χ1n) is 6.71. The van der Waals surface area contributed by atoms with E-state index in [-0.39, 0.29) is 0 Å². The largest absolute Gasteiger partial charge is 0.309 e. The van der Waals surface area contributed by atoms with Crippen LogP contribution in [0.25, 0.3) is 10.4 Å². The lowest BCUT2D eigenvalue weighted by molar-refractivity contribution is 0.578. The Morgan fingerprint density at radius 1 is 1.26 bits per heavy atom. The molecule has 1 aromatic carbocycles. The lowest BCUT2D eigenvalue weighted by Crippen LogP contribution is -2.18. The van der Waals surface area contributed by atoms with Crippen molar-refractivity contribution in [2.75, 3.05) is 6.54 Å². The number of hydrogen-bond acceptors (Lipinski definition) is 2. The fourth-order valence-electron chi connectivity index (χ4n) is 2.01. The van der Waals surface area contributed by atoms with E-state index >= 15 is 0 Å². The second kappa shape index (κ2) is 6.69. The van der Waals surface area contributed by atoms with Gasteiger partial charge in [0.2, 0.25) is 0 Å². The van der Waals surface area contributed by atoms with E-state index in [2.05, 4.69) is 72.3 Å². The third-order valence-corrected chi connectivity index (χ3v) is 5.10. The molecule has 2 rings (SSSR count). The van der Waals surface area contributed by atoms with Gasteiger partial charge in [-0.25, -0.2) is 0 Å². The van der Waals surface area contributed by atoms with Gasteiger partial charge in [0, 0.05) is 25.8 Å². The number of halogens is 1. The fourth-order valence-corrected chi connectivity index (χ4v) is 3.92. The first-order chi connectivity index (χ1) is 9.11. The van der Waals surface area contributed by atoms with Crippen LogP contribution in [0.2, 0.25) is 0 Å². The molecule has 0 spiro atoms. The molecule has 1 nitrogen and oxygen atoms in total. The Labute approximate surface area is 128 Å². The Kier molecular flexibility index (Phi) is 5.20. The minimum Gasteiger partial charge on any atom is -0.309 e. The van der Waals surface area contributed by atoms with Crippen LogP contribution >= 0.6 is 27.3 Å². The summed E-state index contributed by atoms with van der Waals surface area (Å²) in [6.45, 7) is 7.62. The van der Waals surface area contributed by atoms with E-state index in [0.29, 0.717) is 6.04 Å². The van der Waals surface area contributed by atoms with Crippen LogP contribution in [0.1, 0.15) is 36.8 Å². The minimum absolute atomic E-state index is 0.433. The molecule has 19 heavy (non-hydrogen) atoms. The molecule has 102 valence electrons. The maximum atomic E-state index is 3.66. The molecule has 1 unspecified atom stereocenters. The average molecular weight is 338 g/mol. The Hall–Kier alpha value is -0.640. The number of nitrogens with one attached hydrogen (secondary N) is 1. The molecule has 0 saturated carbocycles. The van der Waals surface area contributed by atoms with Crippen LogP contribution in [0.15, 0.2) is 34.8 Å². The number of thiophene rings is 1. The van der Waals surface area contributed by atoms with Crippen molar-refractivity contribution in [1.29, 1.82) is 0 Å². The predicted molar refractivity (Wildman–Crippen MR) is 88.9 cm³/mol. The second-order valence-corrected chi connectivity index (χ2v) is 6.83. The van der Waals surface area contributed by atoms with Crippen molar-refractivity contribution in [3.63, 3.8) is 0 Å². The number of aryl methyl sites for hydroxylation is 1. The van der Waals surface area contributed by atoms with Gasteiger partial charge in [0.1, 0.15) is 0 Å². The summed E-state index contributed by atoms with van der Waals surface area (Å²) < 4.78 is 1.18. The zero-order valence-corrected chi connectivity index (χ0v) is 14.1. The quantitative estimate of drug-likeness (QED) is 0.754. The highest BCUT2D eigenvalue weighted by Gasteiger charge is 2.10. The van der Waals surface area contributed by atoms with E-state index in [1.807, 2.05) is 11.3 Å². The summed E-state index contributed by atoms with van der Waals surface area (Å²) >= 11 is 5.54.